The van der Waals surface area contributed by atoms with Gasteiger partial charge < -0.3 is 9.84 Å². The third-order valence-corrected chi connectivity index (χ3v) is 2.43. The van der Waals surface area contributed by atoms with Gasteiger partial charge >= 0.3 is 0 Å². The highest BCUT2D eigenvalue weighted by Gasteiger charge is 2.06. The molecule has 0 aliphatic heterocycles. The molecule has 0 spiro atoms. The Labute approximate surface area is 104 Å². The molecule has 0 atom stereocenters. The van der Waals surface area contributed by atoms with Crippen molar-refractivity contribution >= 4 is 6.08 Å². The van der Waals surface area contributed by atoms with Crippen LogP contribution in [0.2, 0.25) is 0 Å². The first-order chi connectivity index (χ1) is 8.74. The average molecular weight is 248 g/mol. The molecule has 1 aromatic carbocycles. The minimum absolute atomic E-state index is 0.582. The summed E-state index contributed by atoms with van der Waals surface area (Å²) in [5, 5.41) is 12.7. The van der Waals surface area contributed by atoms with E-state index in [1.165, 1.54) is 13.2 Å². The molecule has 1 heterocycles. The maximum atomic E-state index is 13.0. The summed E-state index contributed by atoms with van der Waals surface area (Å²) in [5.41, 5.74) is 1.39. The number of aromatic nitrogens is 2. The van der Waals surface area contributed by atoms with E-state index in [2.05, 4.69) is 5.10 Å². The predicted octanol–water partition coefficient (Wildman–Crippen LogP) is 2.18. The predicted molar refractivity (Wildman–Crippen MR) is 66.3 cm³/mol. The van der Waals surface area contributed by atoms with E-state index in [0.29, 0.717) is 11.3 Å². The van der Waals surface area contributed by atoms with Crippen LogP contribution < -0.4 is 4.74 Å². The van der Waals surface area contributed by atoms with Gasteiger partial charge in [-0.15, -0.1) is 0 Å². The van der Waals surface area contributed by atoms with Gasteiger partial charge in [0.15, 0.2) is 0 Å². The highest BCUT2D eigenvalue weighted by Crippen LogP contribution is 2.24. The topological polar surface area (TPSA) is 47.3 Å². The van der Waals surface area contributed by atoms with E-state index in [9.17, 15) is 4.39 Å². The summed E-state index contributed by atoms with van der Waals surface area (Å²) >= 11 is 0. The Hall–Kier alpha value is -2.14. The molecule has 4 nitrogen and oxygen atoms in total. The number of aliphatic hydroxyl groups excluding tert-OH is 1. The quantitative estimate of drug-likeness (QED) is 0.902. The molecule has 5 heteroatoms. The number of aliphatic hydroxyl groups is 1. The van der Waals surface area contributed by atoms with E-state index in [4.69, 9.17) is 9.84 Å². The van der Waals surface area contributed by atoms with Crippen LogP contribution in [-0.2, 0) is 0 Å². The number of hydrogen-bond acceptors (Lipinski definition) is 3. The van der Waals surface area contributed by atoms with Crippen LogP contribution in [-0.4, -0.2) is 28.6 Å². The Kier molecular flexibility index (Phi) is 3.74. The standard InChI is InChI=1S/C13H13FN2O2/c1-18-13-8-10(7-11(14)9-17)3-4-12(13)16-6-2-5-15-16/h2-8,17H,9H2,1H3/b11-7-. The molecule has 18 heavy (non-hydrogen) atoms. The molecule has 2 aromatic rings. The van der Waals surface area contributed by atoms with Gasteiger partial charge in [-0.25, -0.2) is 9.07 Å². The van der Waals surface area contributed by atoms with Gasteiger partial charge in [-0.2, -0.15) is 5.10 Å². The lowest BCUT2D eigenvalue weighted by Gasteiger charge is -2.09. The Morgan fingerprint density at radius 2 is 2.39 bits per heavy atom. The number of benzene rings is 1. The monoisotopic (exact) mass is 248 g/mol. The molecule has 0 amide bonds. The fraction of sp³-hybridized carbons (Fsp3) is 0.154. The van der Waals surface area contributed by atoms with Crippen molar-refractivity contribution in [1.82, 2.24) is 9.78 Å². The van der Waals surface area contributed by atoms with Crippen LogP contribution in [0.15, 0.2) is 42.5 Å². The third-order valence-electron chi connectivity index (χ3n) is 2.43. The van der Waals surface area contributed by atoms with Gasteiger partial charge in [-0.1, -0.05) is 6.07 Å². The minimum atomic E-state index is -0.608. The Morgan fingerprint density at radius 3 is 3.00 bits per heavy atom. The third kappa shape index (κ3) is 2.57. The van der Waals surface area contributed by atoms with E-state index in [0.717, 1.165) is 5.69 Å². The number of methoxy groups -OCH3 is 1. The van der Waals surface area contributed by atoms with Gasteiger partial charge in [0.05, 0.1) is 13.7 Å². The molecule has 94 valence electrons. The lowest BCUT2D eigenvalue weighted by molar-refractivity contribution is 0.300. The van der Waals surface area contributed by atoms with Gasteiger partial charge in [0.1, 0.15) is 17.3 Å². The molecule has 0 bridgehead atoms. The maximum absolute atomic E-state index is 13.0. The Morgan fingerprint density at radius 1 is 1.56 bits per heavy atom. The molecule has 1 N–H and O–H groups in total. The van der Waals surface area contributed by atoms with E-state index < -0.39 is 12.4 Å². The zero-order valence-corrected chi connectivity index (χ0v) is 9.88. The van der Waals surface area contributed by atoms with Crippen LogP contribution in [0.1, 0.15) is 5.56 Å². The Balaban J connectivity index is 2.41. The molecule has 2 rings (SSSR count). The van der Waals surface area contributed by atoms with Gasteiger partial charge in [0.25, 0.3) is 0 Å². The van der Waals surface area contributed by atoms with Crippen LogP contribution in [0.5, 0.6) is 5.75 Å². The lowest BCUT2D eigenvalue weighted by Crippen LogP contribution is -1.98. The molecular formula is C13H13FN2O2. The van der Waals surface area contributed by atoms with Gasteiger partial charge in [0.2, 0.25) is 0 Å². The number of halogens is 1. The van der Waals surface area contributed by atoms with Crippen molar-refractivity contribution in [3.05, 3.63) is 48.0 Å². The van der Waals surface area contributed by atoms with E-state index in [-0.39, 0.29) is 0 Å². The van der Waals surface area contributed by atoms with Crippen molar-refractivity contribution in [2.45, 2.75) is 0 Å². The number of nitrogens with zero attached hydrogens (tertiary/aromatic N) is 2. The molecule has 0 aliphatic carbocycles. The largest absolute Gasteiger partial charge is 0.494 e. The SMILES string of the molecule is COc1cc(/C=C(\F)CO)ccc1-n1cccn1. The highest BCUT2D eigenvalue weighted by molar-refractivity contribution is 5.59. The smallest absolute Gasteiger partial charge is 0.145 e. The lowest BCUT2D eigenvalue weighted by atomic mass is 10.1. The van der Waals surface area contributed by atoms with Crippen molar-refractivity contribution in [2.75, 3.05) is 13.7 Å². The summed E-state index contributed by atoms with van der Waals surface area (Å²) in [6.07, 6.45) is 4.72. The van der Waals surface area contributed by atoms with Crippen molar-refractivity contribution < 1.29 is 14.2 Å². The molecule has 0 saturated carbocycles. The van der Waals surface area contributed by atoms with Crippen molar-refractivity contribution in [1.29, 1.82) is 0 Å². The van der Waals surface area contributed by atoms with Crippen LogP contribution in [0.3, 0.4) is 0 Å². The molecule has 0 aliphatic rings. The van der Waals surface area contributed by atoms with Crippen LogP contribution >= 0.6 is 0 Å². The molecule has 0 saturated heterocycles. The highest BCUT2D eigenvalue weighted by atomic mass is 19.1. The first-order valence-corrected chi connectivity index (χ1v) is 5.39. The number of hydrogen-bond donors (Lipinski definition) is 1. The molecule has 1 aromatic heterocycles. The van der Waals surface area contributed by atoms with Crippen LogP contribution in [0.25, 0.3) is 11.8 Å². The molecule has 0 radical (unpaired) electrons. The number of rotatable bonds is 4. The fourth-order valence-corrected chi connectivity index (χ4v) is 1.61. The molecule has 0 fully saturated rings. The summed E-state index contributed by atoms with van der Waals surface area (Å²) < 4.78 is 19.9. The summed E-state index contributed by atoms with van der Waals surface area (Å²) in [6, 6.07) is 7.00. The first-order valence-electron chi connectivity index (χ1n) is 5.39. The number of ether oxygens (including phenoxy) is 1. The summed E-state index contributed by atoms with van der Waals surface area (Å²) in [7, 11) is 1.54. The molecular weight excluding hydrogens is 235 g/mol. The summed E-state index contributed by atoms with van der Waals surface area (Å²) in [4.78, 5) is 0. The molecule has 0 unspecified atom stereocenters. The minimum Gasteiger partial charge on any atom is -0.494 e. The van der Waals surface area contributed by atoms with Gasteiger partial charge in [-0.05, 0) is 29.8 Å². The maximum Gasteiger partial charge on any atom is 0.145 e. The van der Waals surface area contributed by atoms with Crippen molar-refractivity contribution in [3.8, 4) is 11.4 Å². The zero-order chi connectivity index (χ0) is 13.0. The second-order valence-electron chi connectivity index (χ2n) is 3.63. The second kappa shape index (κ2) is 5.46. The van der Waals surface area contributed by atoms with E-state index >= 15 is 0 Å². The normalized spacial score (nSPS) is 11.6. The first kappa shape index (κ1) is 12.3. The van der Waals surface area contributed by atoms with Crippen LogP contribution in [0, 0.1) is 0 Å². The van der Waals surface area contributed by atoms with Gasteiger partial charge in [0, 0.05) is 12.4 Å². The summed E-state index contributed by atoms with van der Waals surface area (Å²) in [6.45, 7) is -0.608. The van der Waals surface area contributed by atoms with Crippen LogP contribution in [0.4, 0.5) is 4.39 Å². The van der Waals surface area contributed by atoms with Crippen molar-refractivity contribution in [3.63, 3.8) is 0 Å². The summed E-state index contributed by atoms with van der Waals surface area (Å²) in [5.74, 6) is -0.0120. The van der Waals surface area contributed by atoms with Gasteiger partial charge in [-0.3, -0.25) is 0 Å². The fourth-order valence-electron chi connectivity index (χ4n) is 1.61. The average Bonchev–Trinajstić information content (AvgIpc) is 2.92. The van der Waals surface area contributed by atoms with E-state index in [1.807, 2.05) is 0 Å². The Bertz CT molecular complexity index is 550. The van der Waals surface area contributed by atoms with E-state index in [1.54, 1.807) is 41.3 Å². The second-order valence-corrected chi connectivity index (χ2v) is 3.63. The zero-order valence-electron chi connectivity index (χ0n) is 9.88. The van der Waals surface area contributed by atoms with Crippen molar-refractivity contribution in [2.24, 2.45) is 0 Å².